The van der Waals surface area contributed by atoms with Crippen molar-refractivity contribution in [3.63, 3.8) is 0 Å². The SMILES string of the molecule is O=C(N/N=C\c1c2ccccc2cc2ccccc12)c1ccc2ccccc2c1O. The second kappa shape index (κ2) is 7.33. The summed E-state index contributed by atoms with van der Waals surface area (Å²) in [5.41, 5.74) is 3.68. The van der Waals surface area contributed by atoms with Crippen LogP contribution in [-0.4, -0.2) is 17.2 Å². The number of nitrogens with zero attached hydrogens (tertiary/aromatic N) is 1. The van der Waals surface area contributed by atoms with Crippen molar-refractivity contribution in [1.29, 1.82) is 0 Å². The van der Waals surface area contributed by atoms with Gasteiger partial charge in [0.05, 0.1) is 11.8 Å². The molecule has 4 nitrogen and oxygen atoms in total. The minimum Gasteiger partial charge on any atom is -0.506 e. The molecule has 30 heavy (non-hydrogen) atoms. The van der Waals surface area contributed by atoms with Crippen LogP contribution in [0.3, 0.4) is 0 Å². The normalized spacial score (nSPS) is 11.5. The van der Waals surface area contributed by atoms with Crippen LogP contribution in [-0.2, 0) is 0 Å². The number of hydrazone groups is 1. The Kier molecular flexibility index (Phi) is 4.37. The molecule has 0 saturated heterocycles. The fourth-order valence-corrected chi connectivity index (χ4v) is 3.84. The number of hydrogen-bond acceptors (Lipinski definition) is 3. The molecular weight excluding hydrogens is 372 g/mol. The highest BCUT2D eigenvalue weighted by Crippen LogP contribution is 2.29. The first kappa shape index (κ1) is 17.9. The maximum atomic E-state index is 12.6. The Labute approximate surface area is 173 Å². The van der Waals surface area contributed by atoms with Crippen LogP contribution in [0.4, 0.5) is 0 Å². The van der Waals surface area contributed by atoms with Crippen LogP contribution in [0.15, 0.2) is 96.1 Å². The fourth-order valence-electron chi connectivity index (χ4n) is 3.84. The third-order valence-corrected chi connectivity index (χ3v) is 5.32. The molecule has 0 saturated carbocycles. The van der Waals surface area contributed by atoms with E-state index >= 15 is 0 Å². The molecule has 0 aliphatic carbocycles. The number of fused-ring (bicyclic) bond motifs is 3. The molecule has 4 heteroatoms. The summed E-state index contributed by atoms with van der Waals surface area (Å²) in [5.74, 6) is -0.504. The molecule has 0 bridgehead atoms. The van der Waals surface area contributed by atoms with E-state index < -0.39 is 5.91 Å². The Morgan fingerprint density at radius 3 is 1.97 bits per heavy atom. The van der Waals surface area contributed by atoms with Crippen molar-refractivity contribution in [2.24, 2.45) is 5.10 Å². The van der Waals surface area contributed by atoms with Gasteiger partial charge in [0.1, 0.15) is 5.75 Å². The summed E-state index contributed by atoms with van der Waals surface area (Å²) in [6.07, 6.45) is 1.67. The van der Waals surface area contributed by atoms with E-state index in [2.05, 4.69) is 28.7 Å². The fraction of sp³-hybridized carbons (Fsp3) is 0. The molecule has 0 heterocycles. The number of rotatable bonds is 3. The first-order chi connectivity index (χ1) is 14.7. The van der Waals surface area contributed by atoms with Crippen molar-refractivity contribution < 1.29 is 9.90 Å². The lowest BCUT2D eigenvalue weighted by Gasteiger charge is -2.08. The van der Waals surface area contributed by atoms with Crippen LogP contribution >= 0.6 is 0 Å². The topological polar surface area (TPSA) is 61.7 Å². The van der Waals surface area contributed by atoms with E-state index in [1.54, 1.807) is 18.3 Å². The predicted molar refractivity (Wildman–Crippen MR) is 122 cm³/mol. The van der Waals surface area contributed by atoms with Gasteiger partial charge < -0.3 is 5.11 Å². The van der Waals surface area contributed by atoms with Gasteiger partial charge in [0.15, 0.2) is 0 Å². The highest BCUT2D eigenvalue weighted by molar-refractivity contribution is 6.13. The summed E-state index contributed by atoms with van der Waals surface area (Å²) in [6, 6.07) is 29.1. The molecule has 1 amide bonds. The van der Waals surface area contributed by atoms with Crippen LogP contribution < -0.4 is 5.43 Å². The molecule has 0 aliphatic rings. The zero-order chi connectivity index (χ0) is 20.5. The quantitative estimate of drug-likeness (QED) is 0.239. The molecule has 0 unspecified atom stereocenters. The van der Waals surface area contributed by atoms with E-state index in [4.69, 9.17) is 0 Å². The van der Waals surface area contributed by atoms with Gasteiger partial charge in [-0.2, -0.15) is 5.10 Å². The number of carbonyl (C=O) groups is 1. The molecular formula is C26H18N2O2. The molecule has 0 spiro atoms. The number of nitrogens with one attached hydrogen (secondary N) is 1. The van der Waals surface area contributed by atoms with Crippen molar-refractivity contribution in [2.75, 3.05) is 0 Å². The Bertz CT molecular complexity index is 1400. The molecule has 0 aliphatic heterocycles. The van der Waals surface area contributed by atoms with Crippen molar-refractivity contribution in [1.82, 2.24) is 5.43 Å². The summed E-state index contributed by atoms with van der Waals surface area (Å²) in [5, 5.41) is 20.5. The van der Waals surface area contributed by atoms with Crippen LogP contribution in [0.25, 0.3) is 32.3 Å². The smallest absolute Gasteiger partial charge is 0.275 e. The standard InChI is InChI=1S/C26H18N2O2/c29-25-22-12-6-1-7-17(22)13-14-23(25)26(30)28-27-16-24-20-10-4-2-8-18(20)15-19-9-3-5-11-21(19)24/h1-16,29H,(H,28,30)/b27-16-. The Hall–Kier alpha value is -4.18. The Balaban J connectivity index is 1.51. The molecule has 5 aromatic rings. The molecule has 5 aromatic carbocycles. The molecule has 144 valence electrons. The minimum absolute atomic E-state index is 0.0450. The van der Waals surface area contributed by atoms with Gasteiger partial charge in [-0.15, -0.1) is 0 Å². The summed E-state index contributed by atoms with van der Waals surface area (Å²) < 4.78 is 0. The van der Waals surface area contributed by atoms with Gasteiger partial charge in [0.25, 0.3) is 5.91 Å². The number of benzene rings is 5. The van der Waals surface area contributed by atoms with Crippen LogP contribution in [0.5, 0.6) is 5.75 Å². The predicted octanol–water partition coefficient (Wildman–Crippen LogP) is 5.62. The average Bonchev–Trinajstić information content (AvgIpc) is 2.79. The second-order valence-corrected chi connectivity index (χ2v) is 7.11. The maximum Gasteiger partial charge on any atom is 0.275 e. The highest BCUT2D eigenvalue weighted by Gasteiger charge is 2.13. The van der Waals surface area contributed by atoms with Gasteiger partial charge in [-0.3, -0.25) is 4.79 Å². The maximum absolute atomic E-state index is 12.6. The van der Waals surface area contributed by atoms with Gasteiger partial charge in [-0.1, -0.05) is 78.9 Å². The lowest BCUT2D eigenvalue weighted by molar-refractivity contribution is 0.0952. The number of hydrogen-bond donors (Lipinski definition) is 2. The summed E-state index contributed by atoms with van der Waals surface area (Å²) in [4.78, 5) is 12.6. The molecule has 0 fully saturated rings. The van der Waals surface area contributed by atoms with Crippen LogP contribution in [0, 0.1) is 0 Å². The molecule has 0 aromatic heterocycles. The first-order valence-electron chi connectivity index (χ1n) is 9.67. The average molecular weight is 390 g/mol. The zero-order valence-electron chi connectivity index (χ0n) is 16.0. The van der Waals surface area contributed by atoms with E-state index in [0.29, 0.717) is 5.39 Å². The Morgan fingerprint density at radius 2 is 1.30 bits per heavy atom. The number of carbonyl (C=O) groups excluding carboxylic acids is 1. The molecule has 0 atom stereocenters. The van der Waals surface area contributed by atoms with Crippen molar-refractivity contribution in [3.05, 3.63) is 102 Å². The number of amides is 1. The van der Waals surface area contributed by atoms with Crippen molar-refractivity contribution in [3.8, 4) is 5.75 Å². The van der Waals surface area contributed by atoms with E-state index in [0.717, 1.165) is 32.5 Å². The van der Waals surface area contributed by atoms with Crippen LogP contribution in [0.2, 0.25) is 0 Å². The lowest BCUT2D eigenvalue weighted by Crippen LogP contribution is -2.17. The lowest BCUT2D eigenvalue weighted by atomic mass is 9.97. The largest absolute Gasteiger partial charge is 0.506 e. The van der Waals surface area contributed by atoms with Gasteiger partial charge in [-0.25, -0.2) is 5.43 Å². The number of aromatic hydroxyl groups is 1. The van der Waals surface area contributed by atoms with E-state index in [1.165, 1.54) is 0 Å². The van der Waals surface area contributed by atoms with E-state index in [9.17, 15) is 9.90 Å². The van der Waals surface area contributed by atoms with E-state index in [1.807, 2.05) is 60.7 Å². The van der Waals surface area contributed by atoms with Gasteiger partial charge in [0, 0.05) is 10.9 Å². The third kappa shape index (κ3) is 3.05. The summed E-state index contributed by atoms with van der Waals surface area (Å²) in [6.45, 7) is 0. The van der Waals surface area contributed by atoms with Gasteiger partial charge in [-0.05, 0) is 39.1 Å². The second-order valence-electron chi connectivity index (χ2n) is 7.11. The summed E-state index contributed by atoms with van der Waals surface area (Å²) >= 11 is 0. The first-order valence-corrected chi connectivity index (χ1v) is 9.67. The molecule has 0 radical (unpaired) electrons. The van der Waals surface area contributed by atoms with Crippen molar-refractivity contribution >= 4 is 44.4 Å². The zero-order valence-corrected chi connectivity index (χ0v) is 16.0. The highest BCUT2D eigenvalue weighted by atomic mass is 16.3. The Morgan fingerprint density at radius 1 is 0.733 bits per heavy atom. The number of phenolic OH excluding ortho intramolecular Hbond substituents is 1. The molecule has 2 N–H and O–H groups in total. The van der Waals surface area contributed by atoms with E-state index in [-0.39, 0.29) is 11.3 Å². The minimum atomic E-state index is -0.459. The molecule has 5 rings (SSSR count). The number of phenols is 1. The van der Waals surface area contributed by atoms with Crippen molar-refractivity contribution in [2.45, 2.75) is 0 Å². The third-order valence-electron chi connectivity index (χ3n) is 5.32. The van der Waals surface area contributed by atoms with Crippen LogP contribution in [0.1, 0.15) is 15.9 Å². The van der Waals surface area contributed by atoms with Gasteiger partial charge >= 0.3 is 0 Å². The monoisotopic (exact) mass is 390 g/mol. The van der Waals surface area contributed by atoms with Gasteiger partial charge in [0.2, 0.25) is 0 Å². The summed E-state index contributed by atoms with van der Waals surface area (Å²) in [7, 11) is 0.